The van der Waals surface area contributed by atoms with Gasteiger partial charge in [0, 0.05) is 18.9 Å². The van der Waals surface area contributed by atoms with Crippen molar-refractivity contribution in [2.45, 2.75) is 13.8 Å². The molecule has 0 atom stereocenters. The third-order valence-corrected chi connectivity index (χ3v) is 3.65. The first kappa shape index (κ1) is 15.6. The molecule has 0 saturated heterocycles. The molecule has 0 bridgehead atoms. The molecule has 2 aromatic heterocycles. The fraction of sp³-hybridized carbons (Fsp3) is 0.176. The Hall–Kier alpha value is -3.27. The first-order valence-corrected chi connectivity index (χ1v) is 7.39. The Balaban J connectivity index is 2.33. The molecule has 0 saturated carbocycles. The summed E-state index contributed by atoms with van der Waals surface area (Å²) in [5, 5.41) is 15.9. The van der Waals surface area contributed by atoms with Gasteiger partial charge in [0.1, 0.15) is 11.9 Å². The van der Waals surface area contributed by atoms with Crippen LogP contribution in [0.5, 0.6) is 0 Å². The van der Waals surface area contributed by atoms with Gasteiger partial charge in [0.15, 0.2) is 11.3 Å². The molecule has 1 amide bonds. The molecule has 0 aliphatic heterocycles. The van der Waals surface area contributed by atoms with Crippen LogP contribution in [0.3, 0.4) is 0 Å². The maximum absolute atomic E-state index is 14.1. The van der Waals surface area contributed by atoms with Crippen molar-refractivity contribution in [2.75, 3.05) is 6.54 Å². The topological polar surface area (TPSA) is 83.1 Å². The van der Waals surface area contributed by atoms with Gasteiger partial charge in [-0.15, -0.1) is 0 Å². The van der Waals surface area contributed by atoms with Gasteiger partial charge >= 0.3 is 0 Å². The van der Waals surface area contributed by atoms with E-state index in [1.54, 1.807) is 32.3 Å². The van der Waals surface area contributed by atoms with E-state index in [1.807, 2.05) is 6.07 Å². The van der Waals surface area contributed by atoms with Crippen molar-refractivity contribution in [3.8, 4) is 17.2 Å². The summed E-state index contributed by atoms with van der Waals surface area (Å²) < 4.78 is 15.6. The number of halogens is 1. The zero-order valence-corrected chi connectivity index (χ0v) is 13.2. The van der Waals surface area contributed by atoms with Crippen LogP contribution in [0, 0.1) is 24.1 Å². The number of carbonyl (C=O) groups excluding carboxylic acids is 1. The number of carbonyl (C=O) groups is 1. The lowest BCUT2D eigenvalue weighted by molar-refractivity contribution is 0.0951. The number of rotatable bonds is 3. The quantitative estimate of drug-likeness (QED) is 0.802. The molecular weight excluding hydrogens is 309 g/mol. The van der Waals surface area contributed by atoms with E-state index < -0.39 is 5.82 Å². The number of nitrogens with one attached hydrogen (secondary N) is 1. The lowest BCUT2D eigenvalue weighted by Gasteiger charge is -2.08. The van der Waals surface area contributed by atoms with Gasteiger partial charge in [0.05, 0.1) is 11.1 Å². The Labute approximate surface area is 137 Å². The van der Waals surface area contributed by atoms with Gasteiger partial charge < -0.3 is 5.32 Å². The highest BCUT2D eigenvalue weighted by molar-refractivity contribution is 6.03. The van der Waals surface area contributed by atoms with Gasteiger partial charge in [-0.05, 0) is 43.2 Å². The predicted octanol–water partition coefficient (Wildman–Crippen LogP) is 2.47. The SMILES string of the molecule is CCNC(=O)c1nn2cccnc2c1-c1cc(F)c(C#N)cc1C. The van der Waals surface area contributed by atoms with Gasteiger partial charge in [0.25, 0.3) is 5.91 Å². The summed E-state index contributed by atoms with van der Waals surface area (Å²) in [6.07, 6.45) is 3.25. The number of aromatic nitrogens is 3. The summed E-state index contributed by atoms with van der Waals surface area (Å²) in [5.41, 5.74) is 2.18. The largest absolute Gasteiger partial charge is 0.351 e. The predicted molar refractivity (Wildman–Crippen MR) is 85.8 cm³/mol. The van der Waals surface area contributed by atoms with Crippen LogP contribution >= 0.6 is 0 Å². The van der Waals surface area contributed by atoms with Gasteiger partial charge in [-0.1, -0.05) is 0 Å². The minimum absolute atomic E-state index is 0.0414. The van der Waals surface area contributed by atoms with Crippen molar-refractivity contribution in [1.29, 1.82) is 5.26 Å². The van der Waals surface area contributed by atoms with Crippen molar-refractivity contribution in [3.05, 3.63) is 53.2 Å². The number of aryl methyl sites for hydroxylation is 1. The van der Waals surface area contributed by atoms with Crippen LogP contribution in [0.1, 0.15) is 28.5 Å². The number of nitrogens with zero attached hydrogens (tertiary/aromatic N) is 4. The second-order valence-electron chi connectivity index (χ2n) is 5.23. The van der Waals surface area contributed by atoms with E-state index >= 15 is 0 Å². The maximum Gasteiger partial charge on any atom is 0.272 e. The average Bonchev–Trinajstić information content (AvgIpc) is 2.96. The maximum atomic E-state index is 14.1. The Morgan fingerprint density at radius 2 is 2.25 bits per heavy atom. The molecule has 0 unspecified atom stereocenters. The Morgan fingerprint density at radius 1 is 1.46 bits per heavy atom. The van der Waals surface area contributed by atoms with Crippen molar-refractivity contribution in [1.82, 2.24) is 19.9 Å². The first-order valence-electron chi connectivity index (χ1n) is 7.39. The lowest BCUT2D eigenvalue weighted by atomic mass is 9.97. The zero-order valence-electron chi connectivity index (χ0n) is 13.2. The number of hydrogen-bond acceptors (Lipinski definition) is 4. The van der Waals surface area contributed by atoms with Crippen LogP contribution in [0.15, 0.2) is 30.6 Å². The number of nitriles is 1. The van der Waals surface area contributed by atoms with Crippen LogP contribution in [-0.2, 0) is 0 Å². The standard InChI is InChI=1S/C17H14FN5O/c1-3-20-17(24)15-14(16-21-5-4-6-23(16)22-15)12-8-13(18)11(9-19)7-10(12)2/h4-8H,3H2,1-2H3,(H,20,24). The molecule has 3 aromatic rings. The van der Waals surface area contributed by atoms with E-state index in [1.165, 1.54) is 16.6 Å². The highest BCUT2D eigenvalue weighted by atomic mass is 19.1. The average molecular weight is 323 g/mol. The Kier molecular flexibility index (Phi) is 3.96. The summed E-state index contributed by atoms with van der Waals surface area (Å²) in [7, 11) is 0. The minimum atomic E-state index is -0.643. The molecule has 24 heavy (non-hydrogen) atoms. The molecule has 1 aromatic carbocycles. The number of amides is 1. The molecule has 6 nitrogen and oxygen atoms in total. The van der Waals surface area contributed by atoms with Crippen LogP contribution in [0.2, 0.25) is 0 Å². The van der Waals surface area contributed by atoms with Crippen molar-refractivity contribution in [3.63, 3.8) is 0 Å². The smallest absolute Gasteiger partial charge is 0.272 e. The molecule has 3 rings (SSSR count). The van der Waals surface area contributed by atoms with Gasteiger partial charge in [-0.25, -0.2) is 13.9 Å². The molecule has 0 spiro atoms. The number of benzene rings is 1. The highest BCUT2D eigenvalue weighted by Gasteiger charge is 2.23. The second-order valence-corrected chi connectivity index (χ2v) is 5.23. The second kappa shape index (κ2) is 6.08. The first-order chi connectivity index (χ1) is 11.6. The molecule has 1 N–H and O–H groups in total. The van der Waals surface area contributed by atoms with E-state index in [0.29, 0.717) is 28.9 Å². The monoisotopic (exact) mass is 323 g/mol. The van der Waals surface area contributed by atoms with Gasteiger partial charge in [0.2, 0.25) is 0 Å². The van der Waals surface area contributed by atoms with Gasteiger partial charge in [-0.3, -0.25) is 4.79 Å². The van der Waals surface area contributed by atoms with E-state index in [-0.39, 0.29) is 17.2 Å². The van der Waals surface area contributed by atoms with Crippen molar-refractivity contribution in [2.24, 2.45) is 0 Å². The normalized spacial score (nSPS) is 10.6. The summed E-state index contributed by atoms with van der Waals surface area (Å²) in [6, 6.07) is 6.21. The van der Waals surface area contributed by atoms with Crippen LogP contribution in [-0.4, -0.2) is 27.0 Å². The van der Waals surface area contributed by atoms with Crippen LogP contribution < -0.4 is 5.32 Å². The molecule has 0 aliphatic carbocycles. The number of hydrogen-bond donors (Lipinski definition) is 1. The molecule has 2 heterocycles. The fourth-order valence-electron chi connectivity index (χ4n) is 2.57. The molecule has 7 heteroatoms. The Bertz CT molecular complexity index is 987. The third kappa shape index (κ3) is 2.48. The Morgan fingerprint density at radius 3 is 2.96 bits per heavy atom. The summed E-state index contributed by atoms with van der Waals surface area (Å²) in [5.74, 6) is -1.00. The fourth-order valence-corrected chi connectivity index (χ4v) is 2.57. The summed E-state index contributed by atoms with van der Waals surface area (Å²) in [6.45, 7) is 4.00. The molecule has 0 radical (unpaired) electrons. The van der Waals surface area contributed by atoms with Crippen molar-refractivity contribution >= 4 is 11.6 Å². The van der Waals surface area contributed by atoms with Crippen molar-refractivity contribution < 1.29 is 9.18 Å². The van der Waals surface area contributed by atoms with Crippen LogP contribution in [0.4, 0.5) is 4.39 Å². The van der Waals surface area contributed by atoms with Crippen LogP contribution in [0.25, 0.3) is 16.8 Å². The molecule has 0 aliphatic rings. The molecule has 120 valence electrons. The summed E-state index contributed by atoms with van der Waals surface area (Å²) >= 11 is 0. The van der Waals surface area contributed by atoms with E-state index in [0.717, 1.165) is 0 Å². The van der Waals surface area contributed by atoms with E-state index in [2.05, 4.69) is 15.4 Å². The van der Waals surface area contributed by atoms with E-state index in [9.17, 15) is 9.18 Å². The highest BCUT2D eigenvalue weighted by Crippen LogP contribution is 2.31. The lowest BCUT2D eigenvalue weighted by Crippen LogP contribution is -2.23. The summed E-state index contributed by atoms with van der Waals surface area (Å²) in [4.78, 5) is 16.6. The minimum Gasteiger partial charge on any atom is -0.351 e. The number of fused-ring (bicyclic) bond motifs is 1. The zero-order chi connectivity index (χ0) is 17.3. The van der Waals surface area contributed by atoms with E-state index in [4.69, 9.17) is 5.26 Å². The van der Waals surface area contributed by atoms with Gasteiger partial charge in [-0.2, -0.15) is 10.4 Å². The molecular formula is C17H14FN5O. The third-order valence-electron chi connectivity index (χ3n) is 3.65. The molecule has 0 fully saturated rings.